The van der Waals surface area contributed by atoms with Crippen molar-refractivity contribution >= 4 is 37.4 Å². The third kappa shape index (κ3) is 4.02. The molecule has 0 radical (unpaired) electrons. The Bertz CT molecular complexity index is 870. The van der Waals surface area contributed by atoms with Crippen LogP contribution in [0.15, 0.2) is 41.3 Å². The minimum absolute atomic E-state index is 0.0375. The van der Waals surface area contributed by atoms with Crippen LogP contribution in [0.4, 0.5) is 0 Å². The fourth-order valence-corrected chi connectivity index (χ4v) is 5.05. The Morgan fingerprint density at radius 3 is 2.88 bits per heavy atom. The molecule has 0 amide bonds. The minimum Gasteiger partial charge on any atom is -0.460 e. The zero-order chi connectivity index (χ0) is 17.6. The summed E-state index contributed by atoms with van der Waals surface area (Å²) in [6, 6.07) is 7.12. The van der Waals surface area contributed by atoms with E-state index in [2.05, 4.69) is 23.4 Å². The van der Waals surface area contributed by atoms with Gasteiger partial charge in [-0.25, -0.2) is 13.4 Å². The number of carbonyl (C=O) groups excluding carboxylic acids is 1. The zero-order valence-electron chi connectivity index (χ0n) is 13.2. The average molecular weight is 363 g/mol. The smallest absolute Gasteiger partial charge is 0.325 e. The summed E-state index contributed by atoms with van der Waals surface area (Å²) in [4.78, 5) is 16.4. The molecule has 0 aliphatic carbocycles. The van der Waals surface area contributed by atoms with E-state index in [0.29, 0.717) is 5.52 Å². The molecule has 0 bridgehead atoms. The van der Waals surface area contributed by atoms with Crippen LogP contribution in [0.3, 0.4) is 0 Å². The number of rotatable bonds is 7. The molecule has 1 atom stereocenters. The summed E-state index contributed by atoms with van der Waals surface area (Å²) < 4.78 is 31.4. The number of sulfone groups is 1. The lowest BCUT2D eigenvalue weighted by molar-refractivity contribution is -0.142. The highest BCUT2D eigenvalue weighted by Gasteiger charge is 2.37. The highest BCUT2D eigenvalue weighted by Crippen LogP contribution is 2.29. The molecule has 2 aromatic rings. The van der Waals surface area contributed by atoms with Gasteiger partial charge in [0.15, 0.2) is 5.25 Å². The molecule has 0 N–H and O–H groups in total. The number of esters is 1. The molecule has 126 valence electrons. The first-order valence-electron chi connectivity index (χ1n) is 7.27. The number of hydrogen-bond donors (Lipinski definition) is 0. The highest BCUT2D eigenvalue weighted by molar-refractivity contribution is 7.94. The molecule has 5 nitrogen and oxygen atoms in total. The van der Waals surface area contributed by atoms with Gasteiger partial charge < -0.3 is 4.74 Å². The average Bonchev–Trinajstić information content (AvgIpc) is 3.01. The first kappa shape index (κ1) is 18.2. The molecule has 1 heterocycles. The SMILES string of the molecule is C=CCOC(=O)C(CCC#CC)S(=O)(=O)c1nc2ccccc2s1. The van der Waals surface area contributed by atoms with E-state index in [1.807, 2.05) is 6.07 Å². The van der Waals surface area contributed by atoms with Crippen molar-refractivity contribution < 1.29 is 17.9 Å². The number of benzene rings is 1. The highest BCUT2D eigenvalue weighted by atomic mass is 32.2. The maximum Gasteiger partial charge on any atom is 0.325 e. The first-order valence-corrected chi connectivity index (χ1v) is 9.63. The van der Waals surface area contributed by atoms with Crippen molar-refractivity contribution in [3.8, 4) is 11.8 Å². The monoisotopic (exact) mass is 363 g/mol. The van der Waals surface area contributed by atoms with Gasteiger partial charge in [-0.15, -0.1) is 23.2 Å². The van der Waals surface area contributed by atoms with Crippen LogP contribution in [0.25, 0.3) is 10.2 Å². The van der Waals surface area contributed by atoms with Crippen LogP contribution in [0.5, 0.6) is 0 Å². The summed E-state index contributed by atoms with van der Waals surface area (Å²) in [5.74, 6) is 4.67. The normalized spacial score (nSPS) is 12.2. The van der Waals surface area contributed by atoms with Crippen molar-refractivity contribution in [2.45, 2.75) is 29.4 Å². The number of fused-ring (bicyclic) bond motifs is 1. The molecule has 0 spiro atoms. The molecule has 0 aliphatic rings. The van der Waals surface area contributed by atoms with Crippen molar-refractivity contribution in [2.75, 3.05) is 6.61 Å². The van der Waals surface area contributed by atoms with E-state index in [4.69, 9.17) is 4.74 Å². The van der Waals surface area contributed by atoms with Gasteiger partial charge in [-0.05, 0) is 25.5 Å². The van der Waals surface area contributed by atoms with Gasteiger partial charge in [0, 0.05) is 6.42 Å². The van der Waals surface area contributed by atoms with Crippen molar-refractivity contribution in [1.82, 2.24) is 4.98 Å². The fourth-order valence-electron chi connectivity index (χ4n) is 2.06. The van der Waals surface area contributed by atoms with E-state index in [0.717, 1.165) is 16.0 Å². The summed E-state index contributed by atoms with van der Waals surface area (Å²) >= 11 is 1.05. The number of para-hydroxylation sites is 1. The molecular formula is C17H17NO4S2. The molecule has 0 saturated carbocycles. The fraction of sp³-hybridized carbons (Fsp3) is 0.294. The summed E-state index contributed by atoms with van der Waals surface area (Å²) in [5.41, 5.74) is 0.590. The Morgan fingerprint density at radius 2 is 2.21 bits per heavy atom. The third-order valence-electron chi connectivity index (χ3n) is 3.21. The van der Waals surface area contributed by atoms with Crippen LogP contribution in [-0.2, 0) is 19.4 Å². The van der Waals surface area contributed by atoms with Crippen LogP contribution in [-0.4, -0.2) is 31.2 Å². The lowest BCUT2D eigenvalue weighted by atomic mass is 10.2. The van der Waals surface area contributed by atoms with Crippen molar-refractivity contribution in [2.24, 2.45) is 0 Å². The maximum absolute atomic E-state index is 12.9. The van der Waals surface area contributed by atoms with Crippen molar-refractivity contribution in [1.29, 1.82) is 0 Å². The lowest BCUT2D eigenvalue weighted by Crippen LogP contribution is -2.32. The Hall–Kier alpha value is -2.17. The maximum atomic E-state index is 12.9. The van der Waals surface area contributed by atoms with Crippen LogP contribution in [0.2, 0.25) is 0 Å². The van der Waals surface area contributed by atoms with Gasteiger partial charge in [-0.1, -0.05) is 24.8 Å². The largest absolute Gasteiger partial charge is 0.460 e. The second-order valence-corrected chi connectivity index (χ2v) is 8.20. The van der Waals surface area contributed by atoms with Crippen LogP contribution in [0.1, 0.15) is 19.8 Å². The van der Waals surface area contributed by atoms with E-state index in [1.54, 1.807) is 25.1 Å². The van der Waals surface area contributed by atoms with Gasteiger partial charge in [-0.2, -0.15) is 0 Å². The first-order chi connectivity index (χ1) is 11.5. The van der Waals surface area contributed by atoms with Gasteiger partial charge >= 0.3 is 5.97 Å². The minimum atomic E-state index is -3.94. The quantitative estimate of drug-likeness (QED) is 0.429. The Balaban J connectivity index is 2.38. The van der Waals surface area contributed by atoms with E-state index in [1.165, 1.54) is 6.08 Å². The summed E-state index contributed by atoms with van der Waals surface area (Å²) in [6.45, 7) is 5.08. The van der Waals surface area contributed by atoms with Gasteiger partial charge in [0.2, 0.25) is 14.2 Å². The lowest BCUT2D eigenvalue weighted by Gasteiger charge is -2.13. The summed E-state index contributed by atoms with van der Waals surface area (Å²) in [6.07, 6.45) is 1.74. The summed E-state index contributed by atoms with van der Waals surface area (Å²) in [5, 5.41) is -1.32. The Morgan fingerprint density at radius 1 is 1.46 bits per heavy atom. The number of thiazole rings is 1. The third-order valence-corrected chi connectivity index (χ3v) is 6.74. The second kappa shape index (κ2) is 8.08. The molecule has 1 unspecified atom stereocenters. The molecule has 0 saturated heterocycles. The molecule has 7 heteroatoms. The van der Waals surface area contributed by atoms with Crippen LogP contribution >= 0.6 is 11.3 Å². The molecule has 0 fully saturated rings. The van der Waals surface area contributed by atoms with E-state index in [9.17, 15) is 13.2 Å². The Kier molecular flexibility index (Phi) is 6.12. The number of carbonyl (C=O) groups is 1. The predicted octanol–water partition coefficient (Wildman–Crippen LogP) is 2.97. The molecule has 2 rings (SSSR count). The Labute approximate surface area is 145 Å². The van der Waals surface area contributed by atoms with E-state index < -0.39 is 21.1 Å². The molecule has 24 heavy (non-hydrogen) atoms. The number of nitrogens with zero attached hydrogens (tertiary/aromatic N) is 1. The molecule has 0 aliphatic heterocycles. The topological polar surface area (TPSA) is 73.3 Å². The predicted molar refractivity (Wildman–Crippen MR) is 94.4 cm³/mol. The summed E-state index contributed by atoms with van der Waals surface area (Å²) in [7, 11) is -3.94. The van der Waals surface area contributed by atoms with Gasteiger partial charge in [0.05, 0.1) is 10.2 Å². The number of aromatic nitrogens is 1. The second-order valence-electron chi connectivity index (χ2n) is 4.87. The zero-order valence-corrected chi connectivity index (χ0v) is 14.8. The van der Waals surface area contributed by atoms with Crippen molar-refractivity contribution in [3.63, 3.8) is 0 Å². The molecular weight excluding hydrogens is 346 g/mol. The van der Waals surface area contributed by atoms with E-state index >= 15 is 0 Å². The van der Waals surface area contributed by atoms with Crippen LogP contribution < -0.4 is 0 Å². The molecule has 1 aromatic heterocycles. The molecule has 1 aromatic carbocycles. The van der Waals surface area contributed by atoms with Gasteiger partial charge in [-0.3, -0.25) is 4.79 Å². The van der Waals surface area contributed by atoms with Gasteiger partial charge in [0.25, 0.3) is 0 Å². The number of ether oxygens (including phenoxy) is 1. The van der Waals surface area contributed by atoms with Crippen LogP contribution in [0, 0.1) is 11.8 Å². The van der Waals surface area contributed by atoms with Crippen molar-refractivity contribution in [3.05, 3.63) is 36.9 Å². The standard InChI is InChI=1S/C17H17NO4S2/c1-3-5-6-11-15(16(19)22-12-4-2)24(20,21)17-18-13-9-7-8-10-14(13)23-17/h4,7-10,15H,2,6,11-12H2,1H3. The van der Waals surface area contributed by atoms with Gasteiger partial charge in [0.1, 0.15) is 6.61 Å². The van der Waals surface area contributed by atoms with E-state index in [-0.39, 0.29) is 23.8 Å². The number of hydrogen-bond acceptors (Lipinski definition) is 6.